The summed E-state index contributed by atoms with van der Waals surface area (Å²) in [5, 5.41) is 3.15. The maximum atomic E-state index is 12.8. The molecule has 0 unspecified atom stereocenters. The summed E-state index contributed by atoms with van der Waals surface area (Å²) in [6.07, 6.45) is 2.85. The van der Waals surface area contributed by atoms with Crippen LogP contribution in [0.15, 0.2) is 29.1 Å². The molecule has 0 aliphatic rings. The Morgan fingerprint density at radius 2 is 2.07 bits per heavy atom. The smallest absolute Gasteiger partial charge is 0.333 e. The van der Waals surface area contributed by atoms with Gasteiger partial charge in [-0.15, -0.1) is 11.3 Å². The van der Waals surface area contributed by atoms with Crippen molar-refractivity contribution in [2.24, 2.45) is 0 Å². The van der Waals surface area contributed by atoms with Crippen molar-refractivity contribution in [2.45, 2.75) is 13.5 Å². The molecule has 1 aromatic carbocycles. The summed E-state index contributed by atoms with van der Waals surface area (Å²) >= 11 is 7.25. The highest BCUT2D eigenvalue weighted by Crippen LogP contribution is 2.14. The van der Waals surface area contributed by atoms with Crippen LogP contribution in [0.4, 0.5) is 0 Å². The maximum absolute atomic E-state index is 12.8. The van der Waals surface area contributed by atoms with E-state index in [0.717, 1.165) is 11.3 Å². The molecule has 0 saturated heterocycles. The fraction of sp³-hybridized carbons (Fsp3) is 0.316. The Morgan fingerprint density at radius 3 is 2.75 bits per heavy atom. The molecule has 0 atom stereocenters. The van der Waals surface area contributed by atoms with Gasteiger partial charge in [-0.2, -0.15) is 0 Å². The van der Waals surface area contributed by atoms with Gasteiger partial charge in [0.05, 0.1) is 23.8 Å². The Labute approximate surface area is 170 Å². The first kappa shape index (κ1) is 21.9. The lowest BCUT2D eigenvalue weighted by atomic mass is 10.2. The van der Waals surface area contributed by atoms with Crippen LogP contribution in [0.25, 0.3) is 12.2 Å². The Morgan fingerprint density at radius 1 is 1.32 bits per heavy atom. The standard InChI is InChI=1S/C19H21ClN2O5S/c1-3-27-18(24)11-17-22(12-16(23)21-8-9-26-2)19(25)15(28-17)10-13-6-4-5-7-14(13)20/h4-7,10-11H,3,8-9,12H2,1-2H3,(H,21,23). The molecule has 7 nitrogen and oxygen atoms in total. The van der Waals surface area contributed by atoms with Crippen LogP contribution < -0.4 is 20.1 Å². The van der Waals surface area contributed by atoms with E-state index >= 15 is 0 Å². The van der Waals surface area contributed by atoms with Crippen molar-refractivity contribution in [1.29, 1.82) is 0 Å². The Balaban J connectivity index is 2.48. The molecule has 28 heavy (non-hydrogen) atoms. The first-order valence-corrected chi connectivity index (χ1v) is 9.75. The highest BCUT2D eigenvalue weighted by Gasteiger charge is 2.11. The second kappa shape index (κ2) is 10.8. The predicted molar refractivity (Wildman–Crippen MR) is 109 cm³/mol. The van der Waals surface area contributed by atoms with Crippen molar-refractivity contribution in [3.05, 3.63) is 54.4 Å². The van der Waals surface area contributed by atoms with E-state index in [9.17, 15) is 14.4 Å². The van der Waals surface area contributed by atoms with Gasteiger partial charge in [0.1, 0.15) is 11.2 Å². The molecule has 0 radical (unpaired) electrons. The van der Waals surface area contributed by atoms with E-state index in [1.54, 1.807) is 37.3 Å². The molecule has 1 N–H and O–H groups in total. The van der Waals surface area contributed by atoms with Gasteiger partial charge < -0.3 is 14.8 Å². The van der Waals surface area contributed by atoms with E-state index < -0.39 is 5.97 Å². The van der Waals surface area contributed by atoms with Crippen LogP contribution in [0.5, 0.6) is 0 Å². The molecule has 9 heteroatoms. The number of halogens is 1. The van der Waals surface area contributed by atoms with Gasteiger partial charge in [-0.05, 0) is 24.6 Å². The molecule has 0 bridgehead atoms. The number of aromatic nitrogens is 1. The summed E-state index contributed by atoms with van der Waals surface area (Å²) < 4.78 is 11.7. The Hall–Kier alpha value is -2.42. The van der Waals surface area contributed by atoms with Gasteiger partial charge in [-0.25, -0.2) is 4.79 Å². The van der Waals surface area contributed by atoms with Crippen molar-refractivity contribution in [1.82, 2.24) is 9.88 Å². The molecular weight excluding hydrogens is 404 g/mol. The SMILES string of the molecule is CCOC(=O)C=c1sc(=Cc2ccccc2Cl)c(=O)n1CC(=O)NCCOC. The predicted octanol–water partition coefficient (Wildman–Crippen LogP) is 0.498. The summed E-state index contributed by atoms with van der Waals surface area (Å²) in [5.74, 6) is -0.943. The van der Waals surface area contributed by atoms with Gasteiger partial charge in [0.2, 0.25) is 5.91 Å². The molecule has 0 saturated carbocycles. The molecule has 1 amide bonds. The molecule has 2 rings (SSSR count). The minimum absolute atomic E-state index is 0.209. The number of nitrogens with zero attached hydrogens (tertiary/aromatic N) is 1. The third-order valence-corrected chi connectivity index (χ3v) is 4.99. The third kappa shape index (κ3) is 6.05. The van der Waals surface area contributed by atoms with Crippen molar-refractivity contribution >= 4 is 47.0 Å². The van der Waals surface area contributed by atoms with Crippen molar-refractivity contribution in [2.75, 3.05) is 26.9 Å². The van der Waals surface area contributed by atoms with Crippen LogP contribution in [0.1, 0.15) is 12.5 Å². The van der Waals surface area contributed by atoms with Crippen LogP contribution in [-0.2, 0) is 25.6 Å². The van der Waals surface area contributed by atoms with Crippen molar-refractivity contribution < 1.29 is 19.1 Å². The van der Waals surface area contributed by atoms with E-state index in [4.69, 9.17) is 21.1 Å². The summed E-state index contributed by atoms with van der Waals surface area (Å²) in [5.41, 5.74) is 0.282. The minimum atomic E-state index is -0.582. The van der Waals surface area contributed by atoms with Crippen LogP contribution >= 0.6 is 22.9 Å². The Kier molecular flexibility index (Phi) is 8.43. The summed E-state index contributed by atoms with van der Waals surface area (Å²) in [7, 11) is 1.53. The molecule has 1 aromatic heterocycles. The van der Waals surface area contributed by atoms with E-state index in [0.29, 0.717) is 32.9 Å². The van der Waals surface area contributed by atoms with Gasteiger partial charge in [0.15, 0.2) is 0 Å². The number of hydrogen-bond acceptors (Lipinski definition) is 6. The first-order chi connectivity index (χ1) is 13.5. The fourth-order valence-corrected chi connectivity index (χ4v) is 3.51. The first-order valence-electron chi connectivity index (χ1n) is 8.56. The zero-order valence-electron chi connectivity index (χ0n) is 15.6. The molecule has 150 valence electrons. The van der Waals surface area contributed by atoms with Crippen LogP contribution in [-0.4, -0.2) is 43.3 Å². The fourth-order valence-electron chi connectivity index (χ4n) is 2.30. The molecule has 0 aliphatic heterocycles. The van der Waals surface area contributed by atoms with Gasteiger partial charge in [0, 0.05) is 18.7 Å². The number of carbonyl (C=O) groups is 2. The number of amides is 1. The quantitative estimate of drug-likeness (QED) is 0.492. The van der Waals surface area contributed by atoms with Gasteiger partial charge in [-0.1, -0.05) is 29.8 Å². The van der Waals surface area contributed by atoms with Crippen LogP contribution in [0.3, 0.4) is 0 Å². The number of rotatable bonds is 8. The average Bonchev–Trinajstić information content (AvgIpc) is 2.93. The number of ether oxygens (including phenoxy) is 2. The number of nitrogens with one attached hydrogen (secondary N) is 1. The number of thiazole rings is 1. The molecule has 1 heterocycles. The number of hydrogen-bond donors (Lipinski definition) is 1. The van der Waals surface area contributed by atoms with E-state index in [-0.39, 0.29) is 24.6 Å². The number of carbonyl (C=O) groups excluding carboxylic acids is 2. The average molecular weight is 425 g/mol. The lowest BCUT2D eigenvalue weighted by molar-refractivity contribution is -0.135. The summed E-state index contributed by atoms with van der Waals surface area (Å²) in [4.78, 5) is 36.8. The van der Waals surface area contributed by atoms with E-state index in [2.05, 4.69) is 5.32 Å². The van der Waals surface area contributed by atoms with Gasteiger partial charge >= 0.3 is 5.97 Å². The van der Waals surface area contributed by atoms with Gasteiger partial charge in [-0.3, -0.25) is 14.2 Å². The Bertz CT molecular complexity index is 1010. The highest BCUT2D eigenvalue weighted by molar-refractivity contribution is 7.07. The molecule has 0 fully saturated rings. The highest BCUT2D eigenvalue weighted by atomic mass is 35.5. The monoisotopic (exact) mass is 424 g/mol. The topological polar surface area (TPSA) is 86.6 Å². The normalized spacial score (nSPS) is 12.2. The summed E-state index contributed by atoms with van der Waals surface area (Å²) in [6, 6.07) is 7.09. The maximum Gasteiger partial charge on any atom is 0.333 e. The molecule has 0 aliphatic carbocycles. The molecule has 2 aromatic rings. The van der Waals surface area contributed by atoms with Gasteiger partial charge in [0.25, 0.3) is 5.56 Å². The number of esters is 1. The minimum Gasteiger partial charge on any atom is -0.463 e. The number of benzene rings is 1. The number of methoxy groups -OCH3 is 1. The lowest BCUT2D eigenvalue weighted by Gasteiger charge is -2.05. The second-order valence-electron chi connectivity index (χ2n) is 5.60. The second-order valence-corrected chi connectivity index (χ2v) is 7.07. The zero-order chi connectivity index (χ0) is 20.5. The van der Waals surface area contributed by atoms with Crippen LogP contribution in [0, 0.1) is 0 Å². The molecular formula is C19H21ClN2O5S. The largest absolute Gasteiger partial charge is 0.463 e. The summed E-state index contributed by atoms with van der Waals surface area (Å²) in [6.45, 7) is 2.36. The lowest BCUT2D eigenvalue weighted by Crippen LogP contribution is -2.39. The van der Waals surface area contributed by atoms with Crippen molar-refractivity contribution in [3.63, 3.8) is 0 Å². The van der Waals surface area contributed by atoms with Crippen molar-refractivity contribution in [3.8, 4) is 0 Å². The van der Waals surface area contributed by atoms with E-state index in [1.807, 2.05) is 0 Å². The zero-order valence-corrected chi connectivity index (χ0v) is 17.1. The van der Waals surface area contributed by atoms with Crippen LogP contribution in [0.2, 0.25) is 5.02 Å². The third-order valence-electron chi connectivity index (χ3n) is 3.59. The molecule has 0 spiro atoms. The van der Waals surface area contributed by atoms with E-state index in [1.165, 1.54) is 17.8 Å².